The maximum atomic E-state index is 12.8. The number of carbonyl (C=O) groups is 2. The molecule has 2 aliphatic heterocycles. The second kappa shape index (κ2) is 6.36. The summed E-state index contributed by atoms with van der Waals surface area (Å²) in [4.78, 5) is 25.6. The Morgan fingerprint density at radius 1 is 0.800 bits per heavy atom. The van der Waals surface area contributed by atoms with Gasteiger partial charge in [-0.25, -0.2) is 0 Å². The predicted octanol–water partition coefficient (Wildman–Crippen LogP) is 4.12. The molecular weight excluding hydrogens is 359 g/mol. The van der Waals surface area contributed by atoms with Gasteiger partial charge in [0.05, 0.1) is 0 Å². The number of nitrogens with zero attached hydrogens (tertiary/aromatic N) is 2. The lowest BCUT2D eigenvalue weighted by Gasteiger charge is -2.31. The molecule has 25 heavy (non-hydrogen) atoms. The number of hydrazine groups is 1. The summed E-state index contributed by atoms with van der Waals surface area (Å²) >= 11 is 12.3. The van der Waals surface area contributed by atoms with Crippen molar-refractivity contribution in [2.45, 2.75) is 18.8 Å². The number of fused-ring (bicyclic) bond motifs is 1. The zero-order valence-corrected chi connectivity index (χ0v) is 14.9. The second-order valence-electron chi connectivity index (χ2n) is 6.31. The van der Waals surface area contributed by atoms with Gasteiger partial charge in [-0.3, -0.25) is 19.6 Å². The van der Waals surface area contributed by atoms with Crippen molar-refractivity contribution >= 4 is 35.0 Å². The third kappa shape index (κ3) is 2.79. The summed E-state index contributed by atoms with van der Waals surface area (Å²) in [6.45, 7) is 1.19. The average molecular weight is 375 g/mol. The maximum Gasteiger partial charge on any atom is 0.258 e. The van der Waals surface area contributed by atoms with Gasteiger partial charge in [0, 0.05) is 23.1 Å². The molecule has 0 bridgehead atoms. The van der Waals surface area contributed by atoms with Crippen LogP contribution in [0.1, 0.15) is 24.3 Å². The van der Waals surface area contributed by atoms with Gasteiger partial charge < -0.3 is 0 Å². The van der Waals surface area contributed by atoms with Gasteiger partial charge in [-0.2, -0.15) is 0 Å². The molecule has 2 aromatic rings. The van der Waals surface area contributed by atoms with Gasteiger partial charge in [0.1, 0.15) is 5.92 Å². The Morgan fingerprint density at radius 3 is 1.96 bits per heavy atom. The summed E-state index contributed by atoms with van der Waals surface area (Å²) in [7, 11) is 0. The van der Waals surface area contributed by atoms with E-state index in [4.69, 9.17) is 23.2 Å². The van der Waals surface area contributed by atoms with E-state index in [0.717, 1.165) is 24.0 Å². The van der Waals surface area contributed by atoms with E-state index >= 15 is 0 Å². The maximum absolute atomic E-state index is 12.8. The highest BCUT2D eigenvalue weighted by molar-refractivity contribution is 6.32. The molecule has 2 aliphatic rings. The number of halogens is 2. The van der Waals surface area contributed by atoms with Gasteiger partial charge >= 0.3 is 0 Å². The minimum Gasteiger partial charge on any atom is -0.272 e. The van der Waals surface area contributed by atoms with Gasteiger partial charge in [-0.1, -0.05) is 41.4 Å². The van der Waals surface area contributed by atoms with Crippen LogP contribution in [-0.2, 0) is 9.59 Å². The van der Waals surface area contributed by atoms with Crippen LogP contribution in [0.15, 0.2) is 42.5 Å². The first-order chi connectivity index (χ1) is 12.1. The van der Waals surface area contributed by atoms with Crippen LogP contribution >= 0.6 is 23.2 Å². The molecule has 128 valence electrons. The highest BCUT2D eigenvalue weighted by atomic mass is 35.5. The Morgan fingerprint density at radius 2 is 1.36 bits per heavy atom. The number of hydrogen-bond donors (Lipinski definition) is 0. The monoisotopic (exact) mass is 374 g/mol. The smallest absolute Gasteiger partial charge is 0.258 e. The molecule has 4 rings (SSSR count). The highest BCUT2D eigenvalue weighted by Crippen LogP contribution is 2.37. The van der Waals surface area contributed by atoms with E-state index in [1.165, 1.54) is 0 Å². The van der Waals surface area contributed by atoms with Crippen molar-refractivity contribution < 1.29 is 9.59 Å². The Labute approximate surface area is 155 Å². The molecule has 2 amide bonds. The molecule has 0 saturated carbocycles. The molecule has 2 aromatic carbocycles. The van der Waals surface area contributed by atoms with Crippen LogP contribution in [0.25, 0.3) is 11.1 Å². The highest BCUT2D eigenvalue weighted by Gasteiger charge is 2.47. The summed E-state index contributed by atoms with van der Waals surface area (Å²) in [5.41, 5.74) is 2.42. The van der Waals surface area contributed by atoms with Crippen molar-refractivity contribution in [1.29, 1.82) is 0 Å². The molecule has 0 aliphatic carbocycles. The standard InChI is InChI=1S/C19H16Cl2N2O2/c20-14-6-3-12(4-7-14)13-5-8-16(21)15(11-13)17-18(24)22-9-1-2-10-23(22)19(17)25/h3-8,11,17H,1-2,9-10H2. The van der Waals surface area contributed by atoms with E-state index in [2.05, 4.69) is 0 Å². The van der Waals surface area contributed by atoms with E-state index in [0.29, 0.717) is 28.7 Å². The van der Waals surface area contributed by atoms with Crippen LogP contribution in [-0.4, -0.2) is 34.9 Å². The van der Waals surface area contributed by atoms with Crippen molar-refractivity contribution in [2.75, 3.05) is 13.1 Å². The molecule has 4 nitrogen and oxygen atoms in total. The molecular formula is C19H16Cl2N2O2. The fraction of sp³-hybridized carbons (Fsp3) is 0.263. The molecule has 0 radical (unpaired) electrons. The third-order valence-corrected chi connectivity index (χ3v) is 5.36. The zero-order chi connectivity index (χ0) is 17.6. The Hall–Kier alpha value is -2.04. The Kier molecular flexibility index (Phi) is 4.18. The Balaban J connectivity index is 1.75. The molecule has 0 unspecified atom stereocenters. The first-order valence-electron chi connectivity index (χ1n) is 8.24. The molecule has 0 spiro atoms. The second-order valence-corrected chi connectivity index (χ2v) is 7.15. The quantitative estimate of drug-likeness (QED) is 0.741. The van der Waals surface area contributed by atoms with Crippen molar-refractivity contribution in [2.24, 2.45) is 0 Å². The lowest BCUT2D eigenvalue weighted by molar-refractivity contribution is -0.150. The summed E-state index contributed by atoms with van der Waals surface area (Å²) in [5, 5.41) is 4.23. The van der Waals surface area contributed by atoms with Crippen LogP contribution in [0.3, 0.4) is 0 Å². The summed E-state index contributed by atoms with van der Waals surface area (Å²) in [6, 6.07) is 12.9. The molecule has 2 heterocycles. The normalized spacial score (nSPS) is 18.0. The zero-order valence-electron chi connectivity index (χ0n) is 13.4. The fourth-order valence-corrected chi connectivity index (χ4v) is 3.83. The van der Waals surface area contributed by atoms with Crippen LogP contribution in [0.4, 0.5) is 0 Å². The van der Waals surface area contributed by atoms with Crippen LogP contribution in [0.2, 0.25) is 10.0 Å². The molecule has 2 fully saturated rings. The number of rotatable bonds is 2. The van der Waals surface area contributed by atoms with E-state index in [9.17, 15) is 9.59 Å². The van der Waals surface area contributed by atoms with Gasteiger partial charge in [-0.05, 0) is 53.8 Å². The molecule has 0 N–H and O–H groups in total. The number of amides is 2. The van der Waals surface area contributed by atoms with E-state index in [-0.39, 0.29) is 11.8 Å². The minimum atomic E-state index is -0.849. The van der Waals surface area contributed by atoms with Crippen LogP contribution in [0.5, 0.6) is 0 Å². The van der Waals surface area contributed by atoms with Gasteiger partial charge in [-0.15, -0.1) is 0 Å². The number of hydrogen-bond acceptors (Lipinski definition) is 2. The van der Waals surface area contributed by atoms with Crippen molar-refractivity contribution in [3.63, 3.8) is 0 Å². The largest absolute Gasteiger partial charge is 0.272 e. The van der Waals surface area contributed by atoms with Gasteiger partial charge in [0.15, 0.2) is 0 Å². The minimum absolute atomic E-state index is 0.181. The van der Waals surface area contributed by atoms with Gasteiger partial charge in [0.25, 0.3) is 11.8 Å². The lowest BCUT2D eigenvalue weighted by atomic mass is 9.94. The molecule has 0 aromatic heterocycles. The SMILES string of the molecule is O=C1C(c2cc(-c3ccc(Cl)cc3)ccc2Cl)C(=O)N2CCCCN12. The van der Waals surface area contributed by atoms with Gasteiger partial charge in [0.2, 0.25) is 0 Å². The molecule has 6 heteroatoms. The predicted molar refractivity (Wildman–Crippen MR) is 97.3 cm³/mol. The van der Waals surface area contributed by atoms with E-state index < -0.39 is 5.92 Å². The van der Waals surface area contributed by atoms with E-state index in [1.54, 1.807) is 16.1 Å². The summed E-state index contributed by atoms with van der Waals surface area (Å²) in [6.07, 6.45) is 1.83. The first kappa shape index (κ1) is 16.4. The lowest BCUT2D eigenvalue weighted by Crippen LogP contribution is -2.45. The van der Waals surface area contributed by atoms with E-state index in [1.807, 2.05) is 36.4 Å². The van der Waals surface area contributed by atoms with Crippen LogP contribution in [0, 0.1) is 0 Å². The molecule has 2 saturated heterocycles. The van der Waals surface area contributed by atoms with Crippen LogP contribution < -0.4 is 0 Å². The first-order valence-corrected chi connectivity index (χ1v) is 9.00. The average Bonchev–Trinajstić information content (AvgIpc) is 2.88. The topological polar surface area (TPSA) is 40.6 Å². The van der Waals surface area contributed by atoms with Crippen molar-refractivity contribution in [3.05, 3.63) is 58.1 Å². The third-order valence-electron chi connectivity index (χ3n) is 4.77. The fourth-order valence-electron chi connectivity index (χ4n) is 3.48. The van der Waals surface area contributed by atoms with Crippen molar-refractivity contribution in [3.8, 4) is 11.1 Å². The number of benzene rings is 2. The molecule has 0 atom stereocenters. The Bertz CT molecular complexity index is 827. The van der Waals surface area contributed by atoms with Crippen molar-refractivity contribution in [1.82, 2.24) is 10.0 Å². The number of carbonyl (C=O) groups excluding carboxylic acids is 2. The summed E-state index contributed by atoms with van der Waals surface area (Å²) < 4.78 is 0. The summed E-state index contributed by atoms with van der Waals surface area (Å²) in [5.74, 6) is -1.21.